The van der Waals surface area contributed by atoms with Gasteiger partial charge in [-0.05, 0) is 30.5 Å². The molecule has 0 fully saturated rings. The van der Waals surface area contributed by atoms with E-state index in [1.54, 1.807) is 7.11 Å². The van der Waals surface area contributed by atoms with Gasteiger partial charge >= 0.3 is 0 Å². The van der Waals surface area contributed by atoms with Crippen LogP contribution < -0.4 is 4.74 Å². The lowest BCUT2D eigenvalue weighted by molar-refractivity contribution is 0.0893. The first kappa shape index (κ1) is 16.1. The molecule has 1 heterocycles. The number of benzene rings is 1. The van der Waals surface area contributed by atoms with Crippen molar-refractivity contribution in [2.24, 2.45) is 5.92 Å². The minimum Gasteiger partial charge on any atom is -0.497 e. The van der Waals surface area contributed by atoms with Crippen molar-refractivity contribution < 1.29 is 9.47 Å². The molecule has 21 heavy (non-hydrogen) atoms. The lowest BCUT2D eigenvalue weighted by Gasteiger charge is -2.12. The topological polar surface area (TPSA) is 31.4 Å². The second-order valence-electron chi connectivity index (χ2n) is 5.41. The highest BCUT2D eigenvalue weighted by Crippen LogP contribution is 2.24. The Kier molecular flexibility index (Phi) is 5.83. The van der Waals surface area contributed by atoms with E-state index in [0.29, 0.717) is 17.7 Å². The molecule has 1 unspecified atom stereocenters. The van der Waals surface area contributed by atoms with E-state index in [-0.39, 0.29) is 0 Å². The second-order valence-corrected chi connectivity index (χ2v) is 5.76. The van der Waals surface area contributed by atoms with Crippen LogP contribution in [0.3, 0.4) is 0 Å². The number of ether oxygens (including phenoxy) is 2. The number of aromatic nitrogens is 1. The Balaban J connectivity index is 2.08. The van der Waals surface area contributed by atoms with Gasteiger partial charge in [0, 0.05) is 23.6 Å². The molecule has 0 saturated heterocycles. The van der Waals surface area contributed by atoms with E-state index in [4.69, 9.17) is 21.1 Å². The zero-order valence-electron chi connectivity index (χ0n) is 12.9. The van der Waals surface area contributed by atoms with E-state index in [1.165, 1.54) is 12.8 Å². The summed E-state index contributed by atoms with van der Waals surface area (Å²) < 4.78 is 11.0. The molecule has 0 aliphatic heterocycles. The fourth-order valence-corrected chi connectivity index (χ4v) is 2.54. The highest BCUT2D eigenvalue weighted by molar-refractivity contribution is 6.30. The molecule has 3 nitrogen and oxygen atoms in total. The molecular formula is C17H22ClNO2. The van der Waals surface area contributed by atoms with Gasteiger partial charge in [0.1, 0.15) is 10.9 Å². The smallest absolute Gasteiger partial charge is 0.135 e. The molecule has 0 radical (unpaired) electrons. The van der Waals surface area contributed by atoms with Gasteiger partial charge in [-0.25, -0.2) is 4.98 Å². The molecule has 4 heteroatoms. The maximum atomic E-state index is 6.24. The average Bonchev–Trinajstić information content (AvgIpc) is 2.47. The predicted molar refractivity (Wildman–Crippen MR) is 87.0 cm³/mol. The summed E-state index contributed by atoms with van der Waals surface area (Å²) in [7, 11) is 1.64. The van der Waals surface area contributed by atoms with Crippen molar-refractivity contribution in [1.82, 2.24) is 4.98 Å². The zero-order valence-corrected chi connectivity index (χ0v) is 13.6. The third-order valence-electron chi connectivity index (χ3n) is 3.49. The summed E-state index contributed by atoms with van der Waals surface area (Å²) in [5, 5.41) is 1.54. The van der Waals surface area contributed by atoms with E-state index in [0.717, 1.165) is 28.8 Å². The zero-order chi connectivity index (χ0) is 15.2. The molecule has 1 aromatic heterocycles. The van der Waals surface area contributed by atoms with Crippen LogP contribution in [0, 0.1) is 5.92 Å². The fourth-order valence-electron chi connectivity index (χ4n) is 2.34. The molecular weight excluding hydrogens is 286 g/mol. The largest absolute Gasteiger partial charge is 0.497 e. The Morgan fingerprint density at radius 3 is 2.81 bits per heavy atom. The van der Waals surface area contributed by atoms with Gasteiger partial charge in [-0.1, -0.05) is 31.9 Å². The molecule has 1 aromatic carbocycles. The maximum Gasteiger partial charge on any atom is 0.135 e. The van der Waals surface area contributed by atoms with Gasteiger partial charge < -0.3 is 9.47 Å². The lowest BCUT2D eigenvalue weighted by Crippen LogP contribution is -2.06. The number of hydrogen-bond acceptors (Lipinski definition) is 3. The summed E-state index contributed by atoms with van der Waals surface area (Å²) >= 11 is 6.24. The number of halogens is 1. The van der Waals surface area contributed by atoms with Crippen molar-refractivity contribution in [3.63, 3.8) is 0 Å². The standard InChI is InChI=1S/C17H22ClNO2/c1-4-5-12(2)10-21-11-14-8-13-6-7-15(20-3)9-16(13)19-17(14)18/h6-9,12H,4-5,10-11H2,1-3H3. The first-order valence-electron chi connectivity index (χ1n) is 7.35. The predicted octanol–water partition coefficient (Wildman–Crippen LogP) is 4.85. The molecule has 0 saturated carbocycles. The van der Waals surface area contributed by atoms with E-state index in [1.807, 2.05) is 24.3 Å². The van der Waals surface area contributed by atoms with Crippen molar-refractivity contribution in [3.05, 3.63) is 35.0 Å². The Morgan fingerprint density at radius 2 is 2.10 bits per heavy atom. The third-order valence-corrected chi connectivity index (χ3v) is 3.82. The monoisotopic (exact) mass is 307 g/mol. The molecule has 0 amide bonds. The average molecular weight is 308 g/mol. The Hall–Kier alpha value is -1.32. The van der Waals surface area contributed by atoms with Crippen LogP contribution in [-0.2, 0) is 11.3 Å². The molecule has 1 atom stereocenters. The molecule has 2 aromatic rings. The Bertz CT molecular complexity index is 601. The summed E-state index contributed by atoms with van der Waals surface area (Å²) in [5.74, 6) is 1.36. The van der Waals surface area contributed by atoms with Crippen LogP contribution in [0.15, 0.2) is 24.3 Å². The van der Waals surface area contributed by atoms with Gasteiger partial charge in [0.15, 0.2) is 0 Å². The van der Waals surface area contributed by atoms with E-state index in [2.05, 4.69) is 18.8 Å². The highest BCUT2D eigenvalue weighted by atomic mass is 35.5. The van der Waals surface area contributed by atoms with Gasteiger partial charge in [0.05, 0.1) is 19.2 Å². The number of fused-ring (bicyclic) bond motifs is 1. The minimum atomic E-state index is 0.499. The summed E-state index contributed by atoms with van der Waals surface area (Å²) in [6.45, 7) is 5.65. The number of hydrogen-bond donors (Lipinski definition) is 0. The number of methoxy groups -OCH3 is 1. The van der Waals surface area contributed by atoms with Crippen LogP contribution in [0.1, 0.15) is 32.3 Å². The van der Waals surface area contributed by atoms with Gasteiger partial charge in [-0.2, -0.15) is 0 Å². The van der Waals surface area contributed by atoms with E-state index in [9.17, 15) is 0 Å². The number of nitrogens with zero attached hydrogens (tertiary/aromatic N) is 1. The van der Waals surface area contributed by atoms with Crippen molar-refractivity contribution in [2.75, 3.05) is 13.7 Å². The van der Waals surface area contributed by atoms with Crippen molar-refractivity contribution in [1.29, 1.82) is 0 Å². The molecule has 0 N–H and O–H groups in total. The van der Waals surface area contributed by atoms with E-state index < -0.39 is 0 Å². The van der Waals surface area contributed by atoms with Gasteiger partial charge in [0.25, 0.3) is 0 Å². The lowest BCUT2D eigenvalue weighted by atomic mass is 10.1. The van der Waals surface area contributed by atoms with Crippen LogP contribution in [0.25, 0.3) is 10.9 Å². The van der Waals surface area contributed by atoms with Crippen LogP contribution in [0.4, 0.5) is 0 Å². The Labute approximate surface area is 131 Å². The van der Waals surface area contributed by atoms with Gasteiger partial charge in [0.2, 0.25) is 0 Å². The first-order valence-corrected chi connectivity index (χ1v) is 7.72. The maximum absolute atomic E-state index is 6.24. The van der Waals surface area contributed by atoms with Crippen LogP contribution >= 0.6 is 11.6 Å². The van der Waals surface area contributed by atoms with Crippen LogP contribution in [0.2, 0.25) is 5.15 Å². The molecule has 0 aliphatic carbocycles. The van der Waals surface area contributed by atoms with E-state index >= 15 is 0 Å². The quantitative estimate of drug-likeness (QED) is 0.685. The minimum absolute atomic E-state index is 0.499. The highest BCUT2D eigenvalue weighted by Gasteiger charge is 2.07. The SMILES string of the molecule is CCCC(C)COCc1cc2ccc(OC)cc2nc1Cl. The summed E-state index contributed by atoms with van der Waals surface area (Å²) in [5.41, 5.74) is 1.76. The normalized spacial score (nSPS) is 12.6. The summed E-state index contributed by atoms with van der Waals surface area (Å²) in [6, 6.07) is 7.83. The van der Waals surface area contributed by atoms with Gasteiger partial charge in [-0.15, -0.1) is 0 Å². The first-order chi connectivity index (χ1) is 10.1. The number of pyridine rings is 1. The Morgan fingerprint density at radius 1 is 1.29 bits per heavy atom. The summed E-state index contributed by atoms with van der Waals surface area (Å²) in [6.07, 6.45) is 2.37. The van der Waals surface area contributed by atoms with Crippen LogP contribution in [-0.4, -0.2) is 18.7 Å². The third kappa shape index (κ3) is 4.32. The number of rotatable bonds is 7. The van der Waals surface area contributed by atoms with Gasteiger partial charge in [-0.3, -0.25) is 0 Å². The molecule has 0 spiro atoms. The summed E-state index contributed by atoms with van der Waals surface area (Å²) in [4.78, 5) is 4.42. The fraction of sp³-hybridized carbons (Fsp3) is 0.471. The van der Waals surface area contributed by atoms with Crippen molar-refractivity contribution >= 4 is 22.5 Å². The molecule has 0 bridgehead atoms. The van der Waals surface area contributed by atoms with Crippen LogP contribution in [0.5, 0.6) is 5.75 Å². The second kappa shape index (κ2) is 7.62. The molecule has 0 aliphatic rings. The molecule has 2 rings (SSSR count). The van der Waals surface area contributed by atoms with Crippen molar-refractivity contribution in [3.8, 4) is 5.75 Å². The molecule has 114 valence electrons. The van der Waals surface area contributed by atoms with Crippen molar-refractivity contribution in [2.45, 2.75) is 33.3 Å².